The van der Waals surface area contributed by atoms with E-state index in [0.717, 1.165) is 21.8 Å². The zero-order valence-corrected chi connectivity index (χ0v) is 19.4. The lowest BCUT2D eigenvalue weighted by molar-refractivity contribution is -0.120. The Morgan fingerprint density at radius 1 is 1.17 bits per heavy atom. The lowest BCUT2D eigenvalue weighted by Gasteiger charge is -2.30. The van der Waals surface area contributed by atoms with Gasteiger partial charge in [0, 0.05) is 30.9 Å². The maximum absolute atomic E-state index is 12.8. The van der Waals surface area contributed by atoms with E-state index in [-0.39, 0.29) is 35.0 Å². The molecule has 0 atom stereocenters. The summed E-state index contributed by atoms with van der Waals surface area (Å²) in [5.41, 5.74) is 1.33. The van der Waals surface area contributed by atoms with Crippen molar-refractivity contribution in [1.29, 1.82) is 0 Å². The SMILES string of the molecule is CNC(=O)c1c(NC(=O)C2CCN(S(=O)(=O)c3ccc(Cl)s3)CC2)sc(C)c1C. The van der Waals surface area contributed by atoms with E-state index in [1.807, 2.05) is 13.8 Å². The number of nitrogens with one attached hydrogen (secondary N) is 2. The summed E-state index contributed by atoms with van der Waals surface area (Å²) in [5.74, 6) is -0.737. The van der Waals surface area contributed by atoms with Crippen LogP contribution in [-0.4, -0.2) is 44.7 Å². The van der Waals surface area contributed by atoms with Crippen molar-refractivity contribution in [3.8, 4) is 0 Å². The van der Waals surface area contributed by atoms with Crippen LogP contribution in [0.15, 0.2) is 16.3 Å². The molecule has 2 N–H and O–H groups in total. The molecule has 7 nitrogen and oxygen atoms in total. The summed E-state index contributed by atoms with van der Waals surface area (Å²) >= 11 is 8.26. The first-order valence-electron chi connectivity index (χ1n) is 9.03. The number of aryl methyl sites for hydroxylation is 1. The van der Waals surface area contributed by atoms with E-state index < -0.39 is 10.0 Å². The van der Waals surface area contributed by atoms with Gasteiger partial charge in [0.05, 0.1) is 9.90 Å². The van der Waals surface area contributed by atoms with Crippen LogP contribution in [0.5, 0.6) is 0 Å². The fourth-order valence-electron chi connectivity index (χ4n) is 3.25. The number of thiophene rings is 2. The number of sulfonamides is 1. The Hall–Kier alpha value is -1.46. The summed E-state index contributed by atoms with van der Waals surface area (Å²) in [5, 5.41) is 6.02. The molecule has 0 unspecified atom stereocenters. The second-order valence-electron chi connectivity index (χ2n) is 6.79. The van der Waals surface area contributed by atoms with E-state index in [2.05, 4.69) is 10.6 Å². The molecule has 2 amide bonds. The molecular formula is C18H22ClN3O4S3. The molecular weight excluding hydrogens is 454 g/mol. The summed E-state index contributed by atoms with van der Waals surface area (Å²) in [6, 6.07) is 3.07. The Kier molecular flexibility index (Phi) is 6.69. The van der Waals surface area contributed by atoms with Crippen LogP contribution in [-0.2, 0) is 14.8 Å². The molecule has 0 aliphatic carbocycles. The molecule has 3 heterocycles. The van der Waals surface area contributed by atoms with E-state index in [1.54, 1.807) is 13.1 Å². The van der Waals surface area contributed by atoms with Gasteiger partial charge in [0.25, 0.3) is 15.9 Å². The normalized spacial score (nSPS) is 16.0. The molecule has 11 heteroatoms. The van der Waals surface area contributed by atoms with Crippen LogP contribution in [0.4, 0.5) is 5.00 Å². The van der Waals surface area contributed by atoms with Crippen molar-refractivity contribution >= 4 is 61.1 Å². The first kappa shape index (κ1) is 22.2. The highest BCUT2D eigenvalue weighted by atomic mass is 35.5. The van der Waals surface area contributed by atoms with Gasteiger partial charge in [-0.25, -0.2) is 8.42 Å². The van der Waals surface area contributed by atoms with Crippen molar-refractivity contribution in [2.75, 3.05) is 25.5 Å². The van der Waals surface area contributed by atoms with Crippen LogP contribution in [0, 0.1) is 19.8 Å². The minimum absolute atomic E-state index is 0.187. The topological polar surface area (TPSA) is 95.6 Å². The Bertz CT molecular complexity index is 1040. The van der Waals surface area contributed by atoms with E-state index in [0.29, 0.717) is 27.7 Å². The number of nitrogens with zero attached hydrogens (tertiary/aromatic N) is 1. The second-order valence-corrected chi connectivity index (χ2v) is 11.9. The van der Waals surface area contributed by atoms with Crippen LogP contribution in [0.2, 0.25) is 4.34 Å². The molecule has 0 aromatic carbocycles. The molecule has 1 aliphatic heterocycles. The van der Waals surface area contributed by atoms with Crippen molar-refractivity contribution in [2.45, 2.75) is 30.9 Å². The first-order chi connectivity index (χ1) is 13.6. The van der Waals surface area contributed by atoms with Gasteiger partial charge in [-0.3, -0.25) is 9.59 Å². The van der Waals surface area contributed by atoms with Crippen LogP contribution in [0.1, 0.15) is 33.6 Å². The van der Waals surface area contributed by atoms with Crippen molar-refractivity contribution in [3.05, 3.63) is 32.5 Å². The Labute approximate surface area is 183 Å². The Morgan fingerprint density at radius 2 is 1.83 bits per heavy atom. The molecule has 1 saturated heterocycles. The van der Waals surface area contributed by atoms with Gasteiger partial charge in [-0.15, -0.1) is 22.7 Å². The number of halogens is 1. The predicted molar refractivity (Wildman–Crippen MR) is 117 cm³/mol. The molecule has 29 heavy (non-hydrogen) atoms. The van der Waals surface area contributed by atoms with E-state index in [1.165, 1.54) is 21.7 Å². The minimum Gasteiger partial charge on any atom is -0.355 e. The molecule has 2 aromatic heterocycles. The van der Waals surface area contributed by atoms with Gasteiger partial charge in [-0.2, -0.15) is 4.31 Å². The van der Waals surface area contributed by atoms with Crippen LogP contribution in [0.25, 0.3) is 0 Å². The molecule has 1 aliphatic rings. The average molecular weight is 476 g/mol. The number of anilines is 1. The molecule has 0 spiro atoms. The van der Waals surface area contributed by atoms with E-state index >= 15 is 0 Å². The number of carbonyl (C=O) groups excluding carboxylic acids is 2. The second kappa shape index (κ2) is 8.73. The van der Waals surface area contributed by atoms with E-state index in [9.17, 15) is 18.0 Å². The van der Waals surface area contributed by atoms with Gasteiger partial charge >= 0.3 is 0 Å². The highest BCUT2D eigenvalue weighted by molar-refractivity contribution is 7.91. The number of amides is 2. The third-order valence-corrected chi connectivity index (χ3v) is 9.76. The number of rotatable bonds is 5. The molecule has 2 aromatic rings. The Balaban J connectivity index is 1.67. The van der Waals surface area contributed by atoms with Gasteiger partial charge in [0.1, 0.15) is 9.21 Å². The fraction of sp³-hybridized carbons (Fsp3) is 0.444. The summed E-state index contributed by atoms with van der Waals surface area (Å²) in [6.45, 7) is 4.29. The summed E-state index contributed by atoms with van der Waals surface area (Å²) in [4.78, 5) is 25.9. The monoisotopic (exact) mass is 475 g/mol. The largest absolute Gasteiger partial charge is 0.355 e. The van der Waals surface area contributed by atoms with Gasteiger partial charge in [0.2, 0.25) is 5.91 Å². The molecule has 1 fully saturated rings. The fourth-order valence-corrected chi connectivity index (χ4v) is 7.42. The van der Waals surface area contributed by atoms with Gasteiger partial charge in [0.15, 0.2) is 0 Å². The third-order valence-electron chi connectivity index (χ3n) is 5.04. The minimum atomic E-state index is -3.59. The summed E-state index contributed by atoms with van der Waals surface area (Å²) < 4.78 is 27.4. The van der Waals surface area contributed by atoms with Crippen molar-refractivity contribution in [2.24, 2.45) is 5.92 Å². The van der Waals surface area contributed by atoms with Gasteiger partial charge < -0.3 is 10.6 Å². The quantitative estimate of drug-likeness (QED) is 0.692. The summed E-state index contributed by atoms with van der Waals surface area (Å²) in [7, 11) is -2.04. The predicted octanol–water partition coefficient (Wildman–Crippen LogP) is 3.48. The van der Waals surface area contributed by atoms with Crippen LogP contribution in [0.3, 0.4) is 0 Å². The molecule has 3 rings (SSSR count). The average Bonchev–Trinajstić information content (AvgIpc) is 3.25. The Morgan fingerprint density at radius 3 is 2.38 bits per heavy atom. The zero-order valence-electron chi connectivity index (χ0n) is 16.2. The number of hydrogen-bond acceptors (Lipinski definition) is 6. The van der Waals surface area contributed by atoms with Crippen LogP contribution < -0.4 is 10.6 Å². The lowest BCUT2D eigenvalue weighted by Crippen LogP contribution is -2.41. The molecule has 0 bridgehead atoms. The molecule has 0 saturated carbocycles. The first-order valence-corrected chi connectivity index (χ1v) is 12.5. The highest BCUT2D eigenvalue weighted by Crippen LogP contribution is 2.34. The number of hydrogen-bond donors (Lipinski definition) is 2. The van der Waals surface area contributed by atoms with E-state index in [4.69, 9.17) is 11.6 Å². The van der Waals surface area contributed by atoms with Crippen molar-refractivity contribution < 1.29 is 18.0 Å². The zero-order chi connectivity index (χ0) is 21.3. The summed E-state index contributed by atoms with van der Waals surface area (Å²) in [6.07, 6.45) is 0.839. The maximum atomic E-state index is 12.8. The maximum Gasteiger partial charge on any atom is 0.254 e. The standard InChI is InChI=1S/C18H22ClN3O4S3/c1-10-11(2)27-18(15(10)17(24)20-3)21-16(23)12-6-8-22(9-7-12)29(25,26)14-5-4-13(19)28-14/h4-5,12H,6-9H2,1-3H3,(H,20,24)(H,21,23). The van der Waals surface area contributed by atoms with Crippen LogP contribution >= 0.6 is 34.3 Å². The third kappa shape index (κ3) is 4.51. The van der Waals surface area contributed by atoms with Gasteiger partial charge in [-0.05, 0) is 44.4 Å². The van der Waals surface area contributed by atoms with Crippen molar-refractivity contribution in [3.63, 3.8) is 0 Å². The molecule has 158 valence electrons. The number of piperidine rings is 1. The molecule has 0 radical (unpaired) electrons. The van der Waals surface area contributed by atoms with Gasteiger partial charge in [-0.1, -0.05) is 11.6 Å². The number of carbonyl (C=O) groups is 2. The lowest BCUT2D eigenvalue weighted by atomic mass is 9.97. The highest BCUT2D eigenvalue weighted by Gasteiger charge is 2.33. The van der Waals surface area contributed by atoms with Crippen molar-refractivity contribution in [1.82, 2.24) is 9.62 Å². The smallest absolute Gasteiger partial charge is 0.254 e.